The molecule has 0 saturated carbocycles. The number of hydrogen-bond acceptors (Lipinski definition) is 3. The largest absolute Gasteiger partial charge is 0.302 e. The first-order valence-corrected chi connectivity index (χ1v) is 4.14. The van der Waals surface area contributed by atoms with Crippen molar-refractivity contribution >= 4 is 30.7 Å². The molecule has 1 unspecified atom stereocenters. The summed E-state index contributed by atoms with van der Waals surface area (Å²) in [6.07, 6.45) is 2.82. The summed E-state index contributed by atoms with van der Waals surface area (Å²) >= 11 is 5.70. The predicted octanol–water partition coefficient (Wildman–Crippen LogP) is 1.24. The van der Waals surface area contributed by atoms with Gasteiger partial charge in [-0.05, 0) is 13.2 Å². The molecule has 0 aromatic rings. The molecule has 3 heteroatoms. The molecule has 0 aliphatic carbocycles. The summed E-state index contributed by atoms with van der Waals surface area (Å²) in [5, 5.41) is 0. The van der Waals surface area contributed by atoms with Crippen molar-refractivity contribution in [2.75, 3.05) is 12.0 Å². The Morgan fingerprint density at radius 2 is 2.38 bits per heavy atom. The van der Waals surface area contributed by atoms with E-state index in [1.165, 1.54) is 0 Å². The normalized spacial score (nSPS) is 17.4. The standard InChI is InChI=1S/C5H10OS2/c1-5(7,3-6)4-8-2/h3,7H,4H2,1-2H3. The van der Waals surface area contributed by atoms with E-state index in [4.69, 9.17) is 0 Å². The van der Waals surface area contributed by atoms with Crippen molar-refractivity contribution in [3.8, 4) is 0 Å². The molecule has 0 aliphatic rings. The second-order valence-corrected chi connectivity index (χ2v) is 3.80. The van der Waals surface area contributed by atoms with Crippen molar-refractivity contribution in [2.24, 2.45) is 0 Å². The van der Waals surface area contributed by atoms with E-state index in [1.807, 2.05) is 6.26 Å². The smallest absolute Gasteiger partial charge is 0.136 e. The highest BCUT2D eigenvalue weighted by molar-refractivity contribution is 7.99. The van der Waals surface area contributed by atoms with E-state index in [2.05, 4.69) is 12.6 Å². The third-order valence-electron chi connectivity index (χ3n) is 0.690. The Balaban J connectivity index is 3.53. The van der Waals surface area contributed by atoms with Crippen LogP contribution < -0.4 is 0 Å². The van der Waals surface area contributed by atoms with Gasteiger partial charge in [-0.3, -0.25) is 0 Å². The summed E-state index contributed by atoms with van der Waals surface area (Å²) in [6, 6.07) is 0. The second kappa shape index (κ2) is 3.41. The van der Waals surface area contributed by atoms with Crippen LogP contribution in [0.4, 0.5) is 0 Å². The SMILES string of the molecule is CSCC(C)(S)C=O. The highest BCUT2D eigenvalue weighted by atomic mass is 32.2. The van der Waals surface area contributed by atoms with Crippen LogP contribution in [0.5, 0.6) is 0 Å². The third kappa shape index (κ3) is 3.38. The number of thioether (sulfide) groups is 1. The van der Waals surface area contributed by atoms with E-state index in [-0.39, 0.29) is 0 Å². The molecule has 8 heavy (non-hydrogen) atoms. The summed E-state index contributed by atoms with van der Waals surface area (Å²) in [5.74, 6) is 0.777. The Morgan fingerprint density at radius 3 is 2.50 bits per heavy atom. The van der Waals surface area contributed by atoms with Crippen LogP contribution in [0, 0.1) is 0 Å². The van der Waals surface area contributed by atoms with E-state index in [1.54, 1.807) is 18.7 Å². The van der Waals surface area contributed by atoms with E-state index in [9.17, 15) is 4.79 Å². The van der Waals surface area contributed by atoms with Gasteiger partial charge in [-0.2, -0.15) is 24.4 Å². The quantitative estimate of drug-likeness (QED) is 0.481. The molecule has 0 amide bonds. The minimum absolute atomic E-state index is 0.431. The lowest BCUT2D eigenvalue weighted by Gasteiger charge is -2.11. The van der Waals surface area contributed by atoms with Crippen molar-refractivity contribution in [1.29, 1.82) is 0 Å². The Morgan fingerprint density at radius 1 is 1.88 bits per heavy atom. The van der Waals surface area contributed by atoms with Crippen LogP contribution in [-0.4, -0.2) is 23.0 Å². The van der Waals surface area contributed by atoms with Crippen LogP contribution >= 0.6 is 24.4 Å². The van der Waals surface area contributed by atoms with Gasteiger partial charge in [-0.1, -0.05) is 0 Å². The van der Waals surface area contributed by atoms with Gasteiger partial charge in [0.25, 0.3) is 0 Å². The molecule has 0 saturated heterocycles. The van der Waals surface area contributed by atoms with Gasteiger partial charge in [-0.25, -0.2) is 0 Å². The highest BCUT2D eigenvalue weighted by Crippen LogP contribution is 2.14. The van der Waals surface area contributed by atoms with Gasteiger partial charge in [0.2, 0.25) is 0 Å². The highest BCUT2D eigenvalue weighted by Gasteiger charge is 2.15. The Labute approximate surface area is 59.6 Å². The van der Waals surface area contributed by atoms with E-state index < -0.39 is 4.75 Å². The number of hydrogen-bond donors (Lipinski definition) is 1. The molecule has 1 nitrogen and oxygen atoms in total. The molecule has 0 radical (unpaired) electrons. The molecule has 1 atom stereocenters. The first-order valence-electron chi connectivity index (χ1n) is 2.30. The van der Waals surface area contributed by atoms with Crippen molar-refractivity contribution in [2.45, 2.75) is 11.7 Å². The van der Waals surface area contributed by atoms with E-state index in [0.29, 0.717) is 0 Å². The zero-order valence-corrected chi connectivity index (χ0v) is 6.76. The third-order valence-corrected chi connectivity index (χ3v) is 2.06. The number of aldehydes is 1. The zero-order chi connectivity index (χ0) is 6.62. The first-order chi connectivity index (χ1) is 3.62. The van der Waals surface area contributed by atoms with Crippen LogP contribution in [0.1, 0.15) is 6.92 Å². The van der Waals surface area contributed by atoms with Crippen LogP contribution in [-0.2, 0) is 4.79 Å². The minimum Gasteiger partial charge on any atom is -0.302 e. The molecular weight excluding hydrogens is 140 g/mol. The van der Waals surface area contributed by atoms with Crippen LogP contribution in [0.3, 0.4) is 0 Å². The van der Waals surface area contributed by atoms with E-state index >= 15 is 0 Å². The molecule has 0 heterocycles. The molecule has 0 fully saturated rings. The predicted molar refractivity (Wildman–Crippen MR) is 41.8 cm³/mol. The number of thiol groups is 1. The lowest BCUT2D eigenvalue weighted by molar-refractivity contribution is -0.109. The van der Waals surface area contributed by atoms with Gasteiger partial charge in [0.05, 0.1) is 4.75 Å². The number of rotatable bonds is 3. The first kappa shape index (κ1) is 8.37. The molecule has 48 valence electrons. The van der Waals surface area contributed by atoms with Crippen molar-refractivity contribution in [3.63, 3.8) is 0 Å². The lowest BCUT2D eigenvalue weighted by Crippen LogP contribution is -2.21. The lowest BCUT2D eigenvalue weighted by atomic mass is 10.2. The Bertz CT molecular complexity index is 80.5. The van der Waals surface area contributed by atoms with Gasteiger partial charge >= 0.3 is 0 Å². The molecule has 0 aromatic carbocycles. The monoisotopic (exact) mass is 150 g/mol. The Kier molecular flexibility index (Phi) is 3.56. The average Bonchev–Trinajstić information content (AvgIpc) is 1.67. The maximum atomic E-state index is 10.1. The maximum Gasteiger partial charge on any atom is 0.136 e. The van der Waals surface area contributed by atoms with Gasteiger partial charge in [0.1, 0.15) is 6.29 Å². The fourth-order valence-corrected chi connectivity index (χ4v) is 1.37. The fraction of sp³-hybridized carbons (Fsp3) is 0.800. The van der Waals surface area contributed by atoms with Gasteiger partial charge in [0, 0.05) is 5.75 Å². The summed E-state index contributed by atoms with van der Waals surface area (Å²) in [4.78, 5) is 10.1. The molecule has 0 aliphatic heterocycles. The molecular formula is C5H10OS2. The Hall–Kier alpha value is 0.370. The summed E-state index contributed by atoms with van der Waals surface area (Å²) in [6.45, 7) is 1.81. The zero-order valence-electron chi connectivity index (χ0n) is 5.05. The average molecular weight is 150 g/mol. The van der Waals surface area contributed by atoms with Crippen LogP contribution in [0.2, 0.25) is 0 Å². The van der Waals surface area contributed by atoms with Crippen molar-refractivity contribution in [1.82, 2.24) is 0 Å². The maximum absolute atomic E-state index is 10.1. The fourth-order valence-electron chi connectivity index (χ4n) is 0.326. The summed E-state index contributed by atoms with van der Waals surface area (Å²) in [5.41, 5.74) is 0. The topological polar surface area (TPSA) is 17.1 Å². The van der Waals surface area contributed by atoms with Crippen molar-refractivity contribution < 1.29 is 4.79 Å². The number of carbonyl (C=O) groups is 1. The minimum atomic E-state index is -0.431. The second-order valence-electron chi connectivity index (χ2n) is 1.91. The summed E-state index contributed by atoms with van der Waals surface area (Å²) in [7, 11) is 0. The molecule has 0 bridgehead atoms. The van der Waals surface area contributed by atoms with Crippen LogP contribution in [0.25, 0.3) is 0 Å². The molecule has 0 rings (SSSR count). The molecule has 0 spiro atoms. The van der Waals surface area contributed by atoms with E-state index in [0.717, 1.165) is 12.0 Å². The molecule has 0 aromatic heterocycles. The summed E-state index contributed by atoms with van der Waals surface area (Å²) < 4.78 is -0.431. The number of carbonyl (C=O) groups excluding carboxylic acids is 1. The van der Waals surface area contributed by atoms with Crippen LogP contribution in [0.15, 0.2) is 0 Å². The van der Waals surface area contributed by atoms with Gasteiger partial charge in [-0.15, -0.1) is 0 Å². The molecule has 0 N–H and O–H groups in total. The van der Waals surface area contributed by atoms with Gasteiger partial charge < -0.3 is 4.79 Å². The van der Waals surface area contributed by atoms with Crippen molar-refractivity contribution in [3.05, 3.63) is 0 Å². The van der Waals surface area contributed by atoms with Gasteiger partial charge in [0.15, 0.2) is 0 Å².